The van der Waals surface area contributed by atoms with Crippen LogP contribution in [-0.4, -0.2) is 57.4 Å². The largest absolute Gasteiger partial charge is 0.497 e. The van der Waals surface area contributed by atoms with Crippen LogP contribution in [0.25, 0.3) is 22.2 Å². The molecule has 7 nitrogen and oxygen atoms in total. The van der Waals surface area contributed by atoms with Gasteiger partial charge in [0.05, 0.1) is 18.3 Å². The fourth-order valence-electron chi connectivity index (χ4n) is 2.99. The maximum absolute atomic E-state index is 5.61. The van der Waals surface area contributed by atoms with E-state index >= 15 is 0 Å². The number of hydrogen-bond donors (Lipinski definition) is 3. The number of aromatic nitrogens is 2. The second-order valence-electron chi connectivity index (χ2n) is 6.66. The van der Waals surface area contributed by atoms with Gasteiger partial charge in [-0.3, -0.25) is 0 Å². The van der Waals surface area contributed by atoms with Crippen molar-refractivity contribution >= 4 is 16.6 Å². The van der Waals surface area contributed by atoms with Crippen LogP contribution in [0.5, 0.6) is 11.6 Å². The van der Waals surface area contributed by atoms with E-state index in [9.17, 15) is 0 Å². The molecule has 0 bridgehead atoms. The molecular weight excluding hydrogens is 366 g/mol. The van der Waals surface area contributed by atoms with Crippen LogP contribution in [0.15, 0.2) is 42.6 Å². The molecule has 0 saturated carbocycles. The van der Waals surface area contributed by atoms with E-state index in [0.717, 1.165) is 59.7 Å². The predicted octanol–water partition coefficient (Wildman–Crippen LogP) is 2.93. The highest BCUT2D eigenvalue weighted by Gasteiger charge is 2.10. The van der Waals surface area contributed by atoms with Gasteiger partial charge in [-0.25, -0.2) is 9.97 Å². The van der Waals surface area contributed by atoms with E-state index in [1.54, 1.807) is 13.3 Å². The molecule has 7 heteroatoms. The number of anilines is 1. The molecule has 3 rings (SSSR count). The van der Waals surface area contributed by atoms with Gasteiger partial charge in [0, 0.05) is 48.1 Å². The van der Waals surface area contributed by atoms with E-state index in [-0.39, 0.29) is 0 Å². The van der Waals surface area contributed by atoms with Gasteiger partial charge >= 0.3 is 0 Å². The number of methoxy groups -OCH3 is 1. The molecule has 1 aromatic carbocycles. The van der Waals surface area contributed by atoms with Crippen LogP contribution in [-0.2, 0) is 0 Å². The molecule has 0 spiro atoms. The molecule has 3 N–H and O–H groups in total. The smallest absolute Gasteiger partial charge is 0.213 e. The molecule has 2 heterocycles. The Morgan fingerprint density at radius 2 is 1.83 bits per heavy atom. The highest BCUT2D eigenvalue weighted by Crippen LogP contribution is 2.30. The third kappa shape index (κ3) is 5.56. The molecular formula is C22H29N5O2. The fourth-order valence-corrected chi connectivity index (χ4v) is 2.99. The van der Waals surface area contributed by atoms with Gasteiger partial charge in [0.25, 0.3) is 0 Å². The van der Waals surface area contributed by atoms with Gasteiger partial charge in [-0.1, -0.05) is 0 Å². The maximum Gasteiger partial charge on any atom is 0.213 e. The number of nitrogens with one attached hydrogen (secondary N) is 3. The van der Waals surface area contributed by atoms with Gasteiger partial charge in [0.2, 0.25) is 5.88 Å². The average molecular weight is 396 g/mol. The normalized spacial score (nSPS) is 10.9. The van der Waals surface area contributed by atoms with Crippen molar-refractivity contribution in [1.82, 2.24) is 20.6 Å². The van der Waals surface area contributed by atoms with Crippen molar-refractivity contribution in [3.8, 4) is 22.9 Å². The summed E-state index contributed by atoms with van der Waals surface area (Å²) in [6, 6.07) is 11.9. The summed E-state index contributed by atoms with van der Waals surface area (Å²) in [7, 11) is 5.52. The van der Waals surface area contributed by atoms with Crippen LogP contribution in [0.4, 0.5) is 5.69 Å². The summed E-state index contributed by atoms with van der Waals surface area (Å²) in [5, 5.41) is 10.8. The van der Waals surface area contributed by atoms with Crippen LogP contribution >= 0.6 is 0 Å². The third-order valence-electron chi connectivity index (χ3n) is 4.57. The summed E-state index contributed by atoms with van der Waals surface area (Å²) in [6.07, 6.45) is 2.83. The molecule has 0 amide bonds. The number of benzene rings is 1. The molecule has 0 atom stereocenters. The Balaban J connectivity index is 1.89. The molecule has 0 saturated heterocycles. The van der Waals surface area contributed by atoms with Crippen LogP contribution in [0.1, 0.15) is 6.42 Å². The standard InChI is InChI=1S/C22H29N5O2/c1-23-9-4-10-25-20-14-19(27-21-13-17(28-3)6-7-18(20)21)16-5-8-22(26-15-16)29-12-11-24-2/h5-8,13-15,23-24H,4,9-12H2,1-3H3,(H,25,27). The predicted molar refractivity (Wildman–Crippen MR) is 118 cm³/mol. The van der Waals surface area contributed by atoms with Crippen molar-refractivity contribution in [1.29, 1.82) is 0 Å². The van der Waals surface area contributed by atoms with E-state index in [4.69, 9.17) is 14.5 Å². The number of nitrogens with zero attached hydrogens (tertiary/aromatic N) is 2. The Labute approximate surface area is 171 Å². The van der Waals surface area contributed by atoms with Gasteiger partial charge in [-0.05, 0) is 51.3 Å². The third-order valence-corrected chi connectivity index (χ3v) is 4.57. The van der Waals surface area contributed by atoms with Crippen molar-refractivity contribution in [2.45, 2.75) is 6.42 Å². The first-order valence-electron chi connectivity index (χ1n) is 9.86. The minimum atomic E-state index is 0.581. The summed E-state index contributed by atoms with van der Waals surface area (Å²) >= 11 is 0. The van der Waals surface area contributed by atoms with Gasteiger partial charge in [-0.15, -0.1) is 0 Å². The van der Waals surface area contributed by atoms with E-state index in [2.05, 4.69) is 27.0 Å². The number of rotatable bonds is 11. The molecule has 154 valence electrons. The topological polar surface area (TPSA) is 80.3 Å². The van der Waals surface area contributed by atoms with E-state index < -0.39 is 0 Å². The zero-order valence-electron chi connectivity index (χ0n) is 17.3. The van der Waals surface area contributed by atoms with Crippen LogP contribution in [0, 0.1) is 0 Å². The Bertz CT molecular complexity index is 915. The first-order valence-corrected chi connectivity index (χ1v) is 9.86. The van der Waals surface area contributed by atoms with Gasteiger partial charge < -0.3 is 25.4 Å². The minimum absolute atomic E-state index is 0.581. The molecule has 2 aromatic heterocycles. The summed E-state index contributed by atoms with van der Waals surface area (Å²) in [6.45, 7) is 3.20. The first kappa shape index (κ1) is 20.8. The van der Waals surface area contributed by atoms with Crippen molar-refractivity contribution in [3.63, 3.8) is 0 Å². The fraction of sp³-hybridized carbons (Fsp3) is 0.364. The molecule has 0 radical (unpaired) electrons. The van der Waals surface area contributed by atoms with Gasteiger partial charge in [0.15, 0.2) is 0 Å². The van der Waals surface area contributed by atoms with E-state index in [1.807, 2.05) is 44.4 Å². The molecule has 3 aromatic rings. The number of ether oxygens (including phenoxy) is 2. The zero-order valence-corrected chi connectivity index (χ0v) is 17.3. The Morgan fingerprint density at radius 1 is 0.966 bits per heavy atom. The summed E-state index contributed by atoms with van der Waals surface area (Å²) in [4.78, 5) is 9.25. The number of fused-ring (bicyclic) bond motifs is 1. The van der Waals surface area contributed by atoms with Crippen molar-refractivity contribution < 1.29 is 9.47 Å². The number of hydrogen-bond acceptors (Lipinski definition) is 7. The van der Waals surface area contributed by atoms with Crippen molar-refractivity contribution in [2.24, 2.45) is 0 Å². The highest BCUT2D eigenvalue weighted by atomic mass is 16.5. The molecule has 0 unspecified atom stereocenters. The average Bonchev–Trinajstić information content (AvgIpc) is 2.76. The SMILES string of the molecule is CNCCCNc1cc(-c2ccc(OCCNC)nc2)nc2cc(OC)ccc12. The van der Waals surface area contributed by atoms with Crippen molar-refractivity contribution in [2.75, 3.05) is 52.8 Å². The lowest BCUT2D eigenvalue weighted by molar-refractivity contribution is 0.306. The Morgan fingerprint density at radius 3 is 2.55 bits per heavy atom. The van der Waals surface area contributed by atoms with Crippen LogP contribution < -0.4 is 25.4 Å². The summed E-state index contributed by atoms with van der Waals surface area (Å²) in [5.41, 5.74) is 3.73. The minimum Gasteiger partial charge on any atom is -0.497 e. The second kappa shape index (κ2) is 10.6. The van der Waals surface area contributed by atoms with Crippen molar-refractivity contribution in [3.05, 3.63) is 42.6 Å². The zero-order chi connectivity index (χ0) is 20.5. The van der Waals surface area contributed by atoms with Gasteiger partial charge in [-0.2, -0.15) is 0 Å². The Kier molecular flexibility index (Phi) is 7.61. The molecule has 0 aliphatic heterocycles. The number of pyridine rings is 2. The second-order valence-corrected chi connectivity index (χ2v) is 6.66. The lowest BCUT2D eigenvalue weighted by atomic mass is 10.1. The lowest BCUT2D eigenvalue weighted by Gasteiger charge is -2.13. The Hall–Kier alpha value is -2.90. The quantitative estimate of drug-likeness (QED) is 0.431. The summed E-state index contributed by atoms with van der Waals surface area (Å²) in [5.74, 6) is 1.39. The van der Waals surface area contributed by atoms with Gasteiger partial charge in [0.1, 0.15) is 12.4 Å². The maximum atomic E-state index is 5.61. The van der Waals surface area contributed by atoms with Crippen LogP contribution in [0.2, 0.25) is 0 Å². The lowest BCUT2D eigenvalue weighted by Crippen LogP contribution is -2.16. The van der Waals surface area contributed by atoms with Crippen LogP contribution in [0.3, 0.4) is 0 Å². The molecule has 0 aliphatic rings. The summed E-state index contributed by atoms with van der Waals surface area (Å²) < 4.78 is 11.0. The first-order chi connectivity index (χ1) is 14.2. The molecule has 29 heavy (non-hydrogen) atoms. The molecule has 0 fully saturated rings. The van der Waals surface area contributed by atoms with E-state index in [1.165, 1.54) is 0 Å². The van der Waals surface area contributed by atoms with E-state index in [0.29, 0.717) is 12.5 Å². The monoisotopic (exact) mass is 395 g/mol. The highest BCUT2D eigenvalue weighted by molar-refractivity contribution is 5.94. The number of likely N-dealkylation sites (N-methyl/N-ethyl adjacent to an activating group) is 1. The molecule has 0 aliphatic carbocycles.